The van der Waals surface area contributed by atoms with Crippen molar-refractivity contribution in [1.82, 2.24) is 0 Å². The lowest BCUT2D eigenvalue weighted by Crippen LogP contribution is -2.23. The molecule has 0 aromatic rings. The summed E-state index contributed by atoms with van der Waals surface area (Å²) >= 11 is 0. The predicted octanol–water partition coefficient (Wildman–Crippen LogP) is 9.57. The Kier molecular flexibility index (Phi) is 10.2. The fourth-order valence-corrected chi connectivity index (χ4v) is 7.41. The normalized spacial score (nSPS) is 37.3. The molecule has 4 rings (SSSR count). The number of hydrogen-bond acceptors (Lipinski definition) is 0. The van der Waals surface area contributed by atoms with Gasteiger partial charge in [0.2, 0.25) is 0 Å². The Morgan fingerprint density at radius 3 is 1.75 bits per heavy atom. The molecule has 0 aliphatic heterocycles. The summed E-state index contributed by atoms with van der Waals surface area (Å²) in [6.07, 6.45) is 30.6. The van der Waals surface area contributed by atoms with Gasteiger partial charge in [0.05, 0.1) is 0 Å². The molecule has 0 nitrogen and oxygen atoms in total. The van der Waals surface area contributed by atoms with Crippen LogP contribution in [0, 0.1) is 35.5 Å². The Balaban J connectivity index is 0.000000167. The highest BCUT2D eigenvalue weighted by molar-refractivity contribution is 4.80. The summed E-state index contributed by atoms with van der Waals surface area (Å²) in [5, 5.41) is 0. The van der Waals surface area contributed by atoms with Crippen LogP contribution in [-0.4, -0.2) is 0 Å². The van der Waals surface area contributed by atoms with Gasteiger partial charge in [0, 0.05) is 0 Å². The zero-order valence-corrected chi connectivity index (χ0v) is 19.6. The lowest BCUT2D eigenvalue weighted by atomic mass is 9.71. The van der Waals surface area contributed by atoms with Crippen molar-refractivity contribution in [2.45, 2.75) is 142 Å². The van der Waals surface area contributed by atoms with Crippen LogP contribution in [0.2, 0.25) is 0 Å². The van der Waals surface area contributed by atoms with Crippen molar-refractivity contribution in [3.8, 4) is 0 Å². The van der Waals surface area contributed by atoms with Crippen LogP contribution in [0.15, 0.2) is 0 Å². The van der Waals surface area contributed by atoms with Gasteiger partial charge in [-0.3, -0.25) is 0 Å². The molecule has 4 fully saturated rings. The van der Waals surface area contributed by atoms with E-state index in [0.717, 1.165) is 35.5 Å². The number of rotatable bonds is 4. The van der Waals surface area contributed by atoms with E-state index >= 15 is 0 Å². The van der Waals surface area contributed by atoms with E-state index in [0.29, 0.717) is 0 Å². The summed E-state index contributed by atoms with van der Waals surface area (Å²) in [7, 11) is 0. The van der Waals surface area contributed by atoms with E-state index in [9.17, 15) is 0 Å². The van der Waals surface area contributed by atoms with Gasteiger partial charge in [0.15, 0.2) is 0 Å². The molecule has 5 unspecified atom stereocenters. The molecule has 0 amide bonds. The summed E-state index contributed by atoms with van der Waals surface area (Å²) < 4.78 is 0. The molecule has 0 heterocycles. The van der Waals surface area contributed by atoms with Crippen molar-refractivity contribution in [1.29, 1.82) is 0 Å². The average molecular weight is 389 g/mol. The Morgan fingerprint density at radius 2 is 1.11 bits per heavy atom. The molecule has 0 spiro atoms. The molecule has 28 heavy (non-hydrogen) atoms. The van der Waals surface area contributed by atoms with Crippen molar-refractivity contribution in [3.05, 3.63) is 0 Å². The van der Waals surface area contributed by atoms with Crippen LogP contribution in [-0.2, 0) is 0 Å². The Hall–Kier alpha value is 0. The lowest BCUT2D eigenvalue weighted by molar-refractivity contribution is 0.165. The van der Waals surface area contributed by atoms with Gasteiger partial charge >= 0.3 is 0 Å². The van der Waals surface area contributed by atoms with E-state index in [4.69, 9.17) is 0 Å². The molecule has 0 aromatic carbocycles. The van der Waals surface area contributed by atoms with Crippen molar-refractivity contribution in [2.75, 3.05) is 0 Å². The van der Waals surface area contributed by atoms with E-state index in [-0.39, 0.29) is 0 Å². The quantitative estimate of drug-likeness (QED) is 0.449. The van der Waals surface area contributed by atoms with Gasteiger partial charge < -0.3 is 0 Å². The lowest BCUT2D eigenvalue weighted by Gasteiger charge is -2.35. The highest BCUT2D eigenvalue weighted by atomic mass is 14.3. The summed E-state index contributed by atoms with van der Waals surface area (Å²) in [6.45, 7) is 4.86. The van der Waals surface area contributed by atoms with Crippen molar-refractivity contribution in [2.24, 2.45) is 35.5 Å². The fourth-order valence-electron chi connectivity index (χ4n) is 7.41. The number of fused-ring (bicyclic) bond motifs is 1. The Labute approximate surface area is 178 Å². The second-order valence-electron chi connectivity index (χ2n) is 11.4. The highest BCUT2D eigenvalue weighted by Crippen LogP contribution is 2.41. The van der Waals surface area contributed by atoms with Crippen LogP contribution in [0.25, 0.3) is 0 Å². The molecular weight excluding hydrogens is 336 g/mol. The van der Waals surface area contributed by atoms with E-state index in [1.807, 2.05) is 0 Å². The maximum absolute atomic E-state index is 2.45. The summed E-state index contributed by atoms with van der Waals surface area (Å²) in [5.74, 6) is 6.54. The molecular formula is C28H52. The van der Waals surface area contributed by atoms with Gasteiger partial charge in [0.25, 0.3) is 0 Å². The first-order valence-electron chi connectivity index (χ1n) is 13.8. The SMILES string of the molecule is C1CCCC2CCCC2CCC1.CCC1CC(C)CCC1CCC1CCCC1. The van der Waals surface area contributed by atoms with Gasteiger partial charge in [-0.1, -0.05) is 123 Å². The summed E-state index contributed by atoms with van der Waals surface area (Å²) in [5.41, 5.74) is 0. The molecule has 4 saturated carbocycles. The maximum atomic E-state index is 2.45. The van der Waals surface area contributed by atoms with Crippen LogP contribution in [0.4, 0.5) is 0 Å². The smallest absolute Gasteiger partial charge is 0.0386 e. The summed E-state index contributed by atoms with van der Waals surface area (Å²) in [4.78, 5) is 0. The van der Waals surface area contributed by atoms with Crippen molar-refractivity contribution < 1.29 is 0 Å². The number of hydrogen-bond donors (Lipinski definition) is 0. The standard InChI is InChI=1S/C16H30.C12H22/c1-3-15-12-13(2)8-10-16(15)11-9-14-6-4-5-7-14;1-2-4-7-11-9-6-10-12(11)8-5-3-1/h13-16H,3-12H2,1-2H3;11-12H,1-10H2. The molecule has 4 aliphatic carbocycles. The average Bonchev–Trinajstić information content (AvgIpc) is 3.39. The molecule has 0 aromatic heterocycles. The zero-order chi connectivity index (χ0) is 19.6. The largest absolute Gasteiger partial charge is 0.0651 e. The zero-order valence-electron chi connectivity index (χ0n) is 19.6. The van der Waals surface area contributed by atoms with Gasteiger partial charge in [0.1, 0.15) is 0 Å². The van der Waals surface area contributed by atoms with Gasteiger partial charge in [-0.15, -0.1) is 0 Å². The second kappa shape index (κ2) is 12.6. The first kappa shape index (κ1) is 22.7. The first-order chi connectivity index (χ1) is 13.8. The summed E-state index contributed by atoms with van der Waals surface area (Å²) in [6, 6.07) is 0. The topological polar surface area (TPSA) is 0 Å². The maximum Gasteiger partial charge on any atom is -0.0386 e. The van der Waals surface area contributed by atoms with Crippen LogP contribution in [0.3, 0.4) is 0 Å². The molecule has 4 aliphatic rings. The molecule has 0 radical (unpaired) electrons. The second-order valence-corrected chi connectivity index (χ2v) is 11.4. The minimum Gasteiger partial charge on any atom is -0.0651 e. The third-order valence-electron chi connectivity index (χ3n) is 9.31. The third kappa shape index (κ3) is 7.36. The van der Waals surface area contributed by atoms with Crippen LogP contribution >= 0.6 is 0 Å². The highest BCUT2D eigenvalue weighted by Gasteiger charge is 2.28. The van der Waals surface area contributed by atoms with Crippen LogP contribution in [0.5, 0.6) is 0 Å². The van der Waals surface area contributed by atoms with E-state index < -0.39 is 0 Å². The predicted molar refractivity (Wildman–Crippen MR) is 125 cm³/mol. The van der Waals surface area contributed by atoms with Gasteiger partial charge in [-0.05, 0) is 54.8 Å². The van der Waals surface area contributed by atoms with Gasteiger partial charge in [-0.25, -0.2) is 0 Å². The molecule has 5 atom stereocenters. The monoisotopic (exact) mass is 388 g/mol. The Bertz CT molecular complexity index is 379. The molecule has 0 saturated heterocycles. The first-order valence-corrected chi connectivity index (χ1v) is 13.8. The fraction of sp³-hybridized carbons (Fsp3) is 1.00. The Morgan fingerprint density at radius 1 is 0.536 bits per heavy atom. The third-order valence-corrected chi connectivity index (χ3v) is 9.31. The molecule has 0 heteroatoms. The van der Waals surface area contributed by atoms with E-state index in [1.165, 1.54) is 77.0 Å². The van der Waals surface area contributed by atoms with Crippen molar-refractivity contribution >= 4 is 0 Å². The van der Waals surface area contributed by atoms with E-state index in [2.05, 4.69) is 13.8 Å². The minimum atomic E-state index is 1.01. The van der Waals surface area contributed by atoms with Crippen LogP contribution < -0.4 is 0 Å². The minimum absolute atomic E-state index is 1.01. The van der Waals surface area contributed by atoms with Gasteiger partial charge in [-0.2, -0.15) is 0 Å². The molecule has 0 N–H and O–H groups in total. The molecule has 164 valence electrons. The molecule has 0 bridgehead atoms. The van der Waals surface area contributed by atoms with Crippen LogP contribution in [0.1, 0.15) is 142 Å². The van der Waals surface area contributed by atoms with E-state index in [1.54, 1.807) is 51.4 Å². The van der Waals surface area contributed by atoms with Crippen molar-refractivity contribution in [3.63, 3.8) is 0 Å².